The third-order valence-electron chi connectivity index (χ3n) is 3.06. The summed E-state index contributed by atoms with van der Waals surface area (Å²) in [7, 11) is 3.10. The minimum absolute atomic E-state index is 0.160. The molecular weight excluding hydrogens is 382 g/mol. The predicted molar refractivity (Wildman–Crippen MR) is 94.4 cm³/mol. The first-order chi connectivity index (χ1) is 11.2. The molecule has 1 heterocycles. The maximum Gasteiger partial charge on any atom is 0.251 e. The summed E-state index contributed by atoms with van der Waals surface area (Å²) < 4.78 is 16.4. The molecule has 0 saturated carbocycles. The van der Waals surface area contributed by atoms with Gasteiger partial charge in [-0.3, -0.25) is 4.79 Å². The molecule has 0 aliphatic rings. The quantitative estimate of drug-likeness (QED) is 0.685. The van der Waals surface area contributed by atoms with Gasteiger partial charge in [-0.15, -0.1) is 0 Å². The summed E-state index contributed by atoms with van der Waals surface area (Å²) in [6, 6.07) is 7.16. The molecule has 0 unspecified atom stereocenters. The highest BCUT2D eigenvalue weighted by molar-refractivity contribution is 9.10. The van der Waals surface area contributed by atoms with Crippen molar-refractivity contribution in [2.45, 2.75) is 5.75 Å². The number of thioether (sulfide) groups is 1. The summed E-state index contributed by atoms with van der Waals surface area (Å²) in [5.74, 6) is 3.49. The lowest BCUT2D eigenvalue weighted by Gasteiger charge is -2.11. The van der Waals surface area contributed by atoms with Crippen LogP contribution in [-0.2, 0) is 5.75 Å². The molecule has 0 aliphatic carbocycles. The highest BCUT2D eigenvalue weighted by Crippen LogP contribution is 2.35. The van der Waals surface area contributed by atoms with E-state index in [4.69, 9.17) is 13.9 Å². The Kier molecular flexibility index (Phi) is 6.85. The lowest BCUT2D eigenvalue weighted by molar-refractivity contribution is 0.0955. The van der Waals surface area contributed by atoms with Gasteiger partial charge in [-0.05, 0) is 40.2 Å². The average Bonchev–Trinajstić information content (AvgIpc) is 3.08. The van der Waals surface area contributed by atoms with E-state index in [1.165, 1.54) is 0 Å². The number of furan rings is 1. The molecule has 1 N–H and O–H groups in total. The highest BCUT2D eigenvalue weighted by atomic mass is 79.9. The number of hydrogen-bond acceptors (Lipinski definition) is 5. The molecule has 0 aliphatic heterocycles. The van der Waals surface area contributed by atoms with Crippen LogP contribution in [0.15, 0.2) is 39.4 Å². The molecule has 124 valence electrons. The average molecular weight is 400 g/mol. The van der Waals surface area contributed by atoms with E-state index in [2.05, 4.69) is 21.2 Å². The number of carbonyl (C=O) groups excluding carboxylic acids is 1. The second-order valence-electron chi connectivity index (χ2n) is 4.58. The van der Waals surface area contributed by atoms with Crippen molar-refractivity contribution in [2.24, 2.45) is 0 Å². The van der Waals surface area contributed by atoms with Crippen molar-refractivity contribution in [3.8, 4) is 11.5 Å². The molecule has 0 spiro atoms. The van der Waals surface area contributed by atoms with E-state index in [0.717, 1.165) is 17.3 Å². The monoisotopic (exact) mass is 399 g/mol. The smallest absolute Gasteiger partial charge is 0.251 e. The molecule has 2 rings (SSSR count). The van der Waals surface area contributed by atoms with Crippen LogP contribution in [0.3, 0.4) is 0 Å². The maximum atomic E-state index is 12.2. The largest absolute Gasteiger partial charge is 0.495 e. The Morgan fingerprint density at radius 2 is 2.00 bits per heavy atom. The van der Waals surface area contributed by atoms with Crippen molar-refractivity contribution in [3.63, 3.8) is 0 Å². The van der Waals surface area contributed by atoms with Crippen LogP contribution in [0.5, 0.6) is 11.5 Å². The molecule has 1 aromatic heterocycles. The Hall–Kier alpha value is -1.60. The molecular formula is C16H18BrNO4S. The van der Waals surface area contributed by atoms with Gasteiger partial charge in [0.25, 0.3) is 5.91 Å². The fourth-order valence-corrected chi connectivity index (χ4v) is 3.22. The number of carbonyl (C=O) groups is 1. The van der Waals surface area contributed by atoms with Gasteiger partial charge in [-0.25, -0.2) is 0 Å². The highest BCUT2D eigenvalue weighted by Gasteiger charge is 2.14. The first kappa shape index (κ1) is 17.7. The lowest BCUT2D eigenvalue weighted by Crippen LogP contribution is -2.25. The van der Waals surface area contributed by atoms with Crippen molar-refractivity contribution >= 4 is 33.6 Å². The first-order valence-corrected chi connectivity index (χ1v) is 8.90. The summed E-state index contributed by atoms with van der Waals surface area (Å²) in [6.45, 7) is 0.574. The zero-order chi connectivity index (χ0) is 16.7. The first-order valence-electron chi connectivity index (χ1n) is 6.95. The molecule has 1 amide bonds. The summed E-state index contributed by atoms with van der Waals surface area (Å²) in [4.78, 5) is 12.2. The minimum Gasteiger partial charge on any atom is -0.495 e. The molecule has 23 heavy (non-hydrogen) atoms. The van der Waals surface area contributed by atoms with Crippen molar-refractivity contribution in [1.29, 1.82) is 0 Å². The number of rotatable bonds is 8. The number of amides is 1. The summed E-state index contributed by atoms with van der Waals surface area (Å²) in [5, 5.41) is 2.88. The number of halogens is 1. The fraction of sp³-hybridized carbons (Fsp3) is 0.312. The van der Waals surface area contributed by atoms with E-state index >= 15 is 0 Å². The van der Waals surface area contributed by atoms with E-state index in [-0.39, 0.29) is 5.91 Å². The Bertz CT molecular complexity index is 621. The standard InChI is InChI=1S/C16H18BrNO4S/c1-20-13-8-11(9-14(21-2)15(13)17)16(19)18-5-7-23-10-12-4-3-6-22-12/h3-4,6,8-9H,5,7,10H2,1-2H3,(H,18,19). The van der Waals surface area contributed by atoms with Crippen LogP contribution < -0.4 is 14.8 Å². The number of benzene rings is 1. The molecule has 2 aromatic rings. The van der Waals surface area contributed by atoms with Crippen molar-refractivity contribution < 1.29 is 18.7 Å². The van der Waals surface area contributed by atoms with E-state index < -0.39 is 0 Å². The molecule has 0 fully saturated rings. The molecule has 0 bridgehead atoms. The van der Waals surface area contributed by atoms with Crippen LogP contribution in [0, 0.1) is 0 Å². The number of nitrogens with one attached hydrogen (secondary N) is 1. The van der Waals surface area contributed by atoms with E-state index in [9.17, 15) is 4.79 Å². The van der Waals surface area contributed by atoms with Crippen LogP contribution in [0.2, 0.25) is 0 Å². The second kappa shape index (κ2) is 8.88. The lowest BCUT2D eigenvalue weighted by atomic mass is 10.2. The van der Waals surface area contributed by atoms with E-state index in [1.54, 1.807) is 44.4 Å². The number of methoxy groups -OCH3 is 2. The Morgan fingerprint density at radius 3 is 2.57 bits per heavy atom. The molecule has 7 heteroatoms. The summed E-state index contributed by atoms with van der Waals surface area (Å²) >= 11 is 5.08. The topological polar surface area (TPSA) is 60.7 Å². The third kappa shape index (κ3) is 4.94. The van der Waals surface area contributed by atoms with Crippen molar-refractivity contribution in [3.05, 3.63) is 46.3 Å². The second-order valence-corrected chi connectivity index (χ2v) is 6.48. The molecule has 5 nitrogen and oxygen atoms in total. The zero-order valence-corrected chi connectivity index (χ0v) is 15.3. The van der Waals surface area contributed by atoms with Gasteiger partial charge in [0.05, 0.1) is 26.2 Å². The van der Waals surface area contributed by atoms with Gasteiger partial charge in [-0.2, -0.15) is 11.8 Å². The summed E-state index contributed by atoms with van der Waals surface area (Å²) in [6.07, 6.45) is 1.66. The number of ether oxygens (including phenoxy) is 2. The fourth-order valence-electron chi connectivity index (χ4n) is 1.91. The van der Waals surface area contributed by atoms with E-state index in [0.29, 0.717) is 28.1 Å². The van der Waals surface area contributed by atoms with Crippen LogP contribution in [-0.4, -0.2) is 32.4 Å². The maximum absolute atomic E-state index is 12.2. The van der Waals surface area contributed by atoms with Gasteiger partial charge in [0.15, 0.2) is 0 Å². The van der Waals surface area contributed by atoms with Gasteiger partial charge >= 0.3 is 0 Å². The SMILES string of the molecule is COc1cc(C(=O)NCCSCc2ccco2)cc(OC)c1Br. The minimum atomic E-state index is -0.160. The van der Waals surface area contributed by atoms with Crippen LogP contribution in [0.1, 0.15) is 16.1 Å². The van der Waals surface area contributed by atoms with Crippen molar-refractivity contribution in [1.82, 2.24) is 5.32 Å². The predicted octanol–water partition coefficient (Wildman–Crippen LogP) is 3.72. The molecule has 1 aromatic carbocycles. The normalized spacial score (nSPS) is 10.4. The molecule has 0 atom stereocenters. The van der Waals surface area contributed by atoms with Gasteiger partial charge in [0.2, 0.25) is 0 Å². The van der Waals surface area contributed by atoms with Crippen LogP contribution >= 0.6 is 27.7 Å². The molecule has 0 saturated heterocycles. The third-order valence-corrected chi connectivity index (χ3v) is 4.83. The van der Waals surface area contributed by atoms with Gasteiger partial charge in [0.1, 0.15) is 21.7 Å². The van der Waals surface area contributed by atoms with Gasteiger partial charge < -0.3 is 19.2 Å². The Morgan fingerprint density at radius 1 is 1.30 bits per heavy atom. The Balaban J connectivity index is 1.85. The van der Waals surface area contributed by atoms with E-state index in [1.807, 2.05) is 12.1 Å². The van der Waals surface area contributed by atoms with Crippen molar-refractivity contribution in [2.75, 3.05) is 26.5 Å². The van der Waals surface area contributed by atoms with Crippen LogP contribution in [0.25, 0.3) is 0 Å². The zero-order valence-electron chi connectivity index (χ0n) is 12.9. The number of hydrogen-bond donors (Lipinski definition) is 1. The summed E-state index contributed by atoms with van der Waals surface area (Å²) in [5.41, 5.74) is 0.498. The molecule has 0 radical (unpaired) electrons. The van der Waals surface area contributed by atoms with Crippen LogP contribution in [0.4, 0.5) is 0 Å². The van der Waals surface area contributed by atoms with Gasteiger partial charge in [-0.1, -0.05) is 0 Å². The Labute approximate surface area is 147 Å². The van der Waals surface area contributed by atoms with Gasteiger partial charge in [0, 0.05) is 17.9 Å².